The van der Waals surface area contributed by atoms with E-state index < -0.39 is 90.3 Å². The first-order valence-electron chi connectivity index (χ1n) is 28.4. The van der Waals surface area contributed by atoms with Gasteiger partial charge in [0.1, 0.15) is 29.9 Å². The average molecular weight is 1200 g/mol. The highest BCUT2D eigenvalue weighted by atomic mass is 32.1. The van der Waals surface area contributed by atoms with E-state index in [0.29, 0.717) is 54.4 Å². The van der Waals surface area contributed by atoms with Crippen LogP contribution in [0.5, 0.6) is 0 Å². The molecule has 7 amide bonds. The number of benzene rings is 3. The molecule has 10 N–H and O–H groups in total. The van der Waals surface area contributed by atoms with E-state index in [2.05, 4.69) is 36.2 Å². The maximum Gasteiger partial charge on any atom is 0.396 e. The average Bonchev–Trinajstić information content (AvgIpc) is 2.58. The SMILES string of the molecule is Cc1ncsc1-c1ccc([C@H](C)NC(=O)[C@@H]2C[C@@H](O)CN2C(=O)[C@@H](NC(=O)CCCCCc2ccnc([C@H](CCC(N)=O)NC(=O)[C@@H]3Cc4cccc5c4N3C(=O)[C@@H](NC(=O)c3cc4cc(C(=O)P(=O)(O)O)ccc4[nH]3)CC5)c2)C(C)(C)C)cc1. The summed E-state index contributed by atoms with van der Waals surface area (Å²) in [5, 5.41) is 22.9. The number of aryl methyl sites for hydroxylation is 3. The van der Waals surface area contributed by atoms with Crippen LogP contribution in [0.2, 0.25) is 0 Å². The number of nitrogens with two attached hydrogens (primary N) is 1. The number of para-hydroxylation sites is 1. The monoisotopic (exact) mass is 1200 g/mol. The lowest BCUT2D eigenvalue weighted by atomic mass is 9.85. The fourth-order valence-corrected chi connectivity index (χ4v) is 12.8. The molecule has 0 bridgehead atoms. The van der Waals surface area contributed by atoms with Crippen molar-refractivity contribution in [3.05, 3.63) is 135 Å². The fourth-order valence-electron chi connectivity index (χ4n) is 11.5. The standard InChI is InChI=1S/C61H71N10O12PS/c1-33(36-14-16-38(17-15-36)53-34(2)64-32-85-53)65-56(76)48-30-42(72)31-70(48)59(79)54(61(3,4)5)69-51(74)13-8-6-7-10-35-24-25-63-46(26-35)44(22-23-50(62)73)67-57(77)49-29-39-12-9-11-37-18-21-45(58(78)71(49)52(37)39)68-55(75)47-28-41-27-40(19-20-43(41)66-47)60(80)84(81,82)83/h9,11-12,14-17,19-20,24-28,32-33,42,44-45,48-49,54,66,72H,6-8,10,13,18,21-23,29-31H2,1-5H3,(H2,62,73)(H,65,76)(H,67,77)(H,68,75)(H,69,74)(H2,81,82,83)/t33-,42+,44-,45-,48-,49-,54+/m0/s1. The number of primary amides is 1. The number of carbonyl (C=O) groups excluding carboxylic acids is 8. The number of H-pyrrole nitrogens is 1. The van der Waals surface area contributed by atoms with Gasteiger partial charge in [0.05, 0.1) is 45.7 Å². The summed E-state index contributed by atoms with van der Waals surface area (Å²) in [4.78, 5) is 144. The van der Waals surface area contributed by atoms with E-state index in [1.54, 1.807) is 23.0 Å². The Bertz CT molecular complexity index is 3610. The van der Waals surface area contributed by atoms with Crippen molar-refractivity contribution in [3.63, 3.8) is 0 Å². The maximum absolute atomic E-state index is 14.6. The molecular formula is C61H71N10O12PS. The number of aromatic amines is 1. The lowest BCUT2D eigenvalue weighted by Gasteiger charge is -2.35. The minimum absolute atomic E-state index is 0.0305. The summed E-state index contributed by atoms with van der Waals surface area (Å²) in [6.07, 6.45) is 4.10. The highest BCUT2D eigenvalue weighted by Crippen LogP contribution is 2.41. The fraction of sp³-hybridized carbons (Fsp3) is 0.410. The van der Waals surface area contributed by atoms with E-state index in [-0.39, 0.29) is 68.3 Å². The number of anilines is 1. The first-order chi connectivity index (χ1) is 40.3. The normalized spacial score (nSPS) is 18.7. The summed E-state index contributed by atoms with van der Waals surface area (Å²) in [5.74, 6) is -3.44. The van der Waals surface area contributed by atoms with Gasteiger partial charge in [0.25, 0.3) is 11.4 Å². The third-order valence-corrected chi connectivity index (χ3v) is 17.8. The van der Waals surface area contributed by atoms with E-state index >= 15 is 0 Å². The number of nitrogens with zero attached hydrogens (tertiary/aromatic N) is 4. The van der Waals surface area contributed by atoms with Crippen LogP contribution in [0.3, 0.4) is 0 Å². The van der Waals surface area contributed by atoms with Crippen LogP contribution >= 0.6 is 18.9 Å². The van der Waals surface area contributed by atoms with Crippen molar-refractivity contribution in [2.24, 2.45) is 11.1 Å². The van der Waals surface area contributed by atoms with Gasteiger partial charge >= 0.3 is 7.60 Å². The number of pyridine rings is 1. The third kappa shape index (κ3) is 14.3. The molecule has 9 rings (SSSR count). The predicted octanol–water partition coefficient (Wildman–Crippen LogP) is 5.91. The maximum atomic E-state index is 14.6. The number of hydrogen-bond donors (Lipinski definition) is 9. The highest BCUT2D eigenvalue weighted by molar-refractivity contribution is 7.70. The number of unbranched alkanes of at least 4 members (excludes halogenated alkanes) is 2. The molecule has 1 fully saturated rings. The molecule has 0 saturated carbocycles. The number of likely N-dealkylation sites (tertiary alicyclic amines) is 1. The summed E-state index contributed by atoms with van der Waals surface area (Å²) >= 11 is 1.55. The Hall–Kier alpha value is -7.95. The molecule has 7 atom stereocenters. The zero-order valence-electron chi connectivity index (χ0n) is 47.9. The van der Waals surface area contributed by atoms with Gasteiger partial charge in [-0.05, 0) is 122 Å². The van der Waals surface area contributed by atoms with Crippen molar-refractivity contribution in [1.82, 2.24) is 41.1 Å². The van der Waals surface area contributed by atoms with Gasteiger partial charge in [-0.15, -0.1) is 11.3 Å². The Balaban J connectivity index is 0.792. The van der Waals surface area contributed by atoms with E-state index in [4.69, 9.17) is 5.73 Å². The number of rotatable bonds is 22. The first-order valence-corrected chi connectivity index (χ1v) is 30.9. The molecule has 24 heteroatoms. The molecule has 1 saturated heterocycles. The quantitative estimate of drug-likeness (QED) is 0.0282. The summed E-state index contributed by atoms with van der Waals surface area (Å²) < 4.78 is 11.6. The van der Waals surface area contributed by atoms with Gasteiger partial charge in [0.15, 0.2) is 0 Å². The smallest absolute Gasteiger partial charge is 0.391 e. The summed E-state index contributed by atoms with van der Waals surface area (Å²) in [6.45, 7) is 9.28. The Morgan fingerprint density at radius 1 is 0.882 bits per heavy atom. The Morgan fingerprint density at radius 2 is 1.62 bits per heavy atom. The van der Waals surface area contributed by atoms with Crippen molar-refractivity contribution in [3.8, 4) is 10.4 Å². The van der Waals surface area contributed by atoms with E-state index in [9.17, 15) is 57.8 Å². The third-order valence-electron chi connectivity index (χ3n) is 16.0. The van der Waals surface area contributed by atoms with Crippen LogP contribution in [0.15, 0.2) is 90.6 Å². The van der Waals surface area contributed by atoms with Crippen LogP contribution in [-0.2, 0) is 52.6 Å². The summed E-state index contributed by atoms with van der Waals surface area (Å²) in [5.41, 5.74) is 11.9. The topological polar surface area (TPSA) is 337 Å². The Kier molecular flexibility index (Phi) is 18.6. The number of β-amino-alcohol motifs (C(OH)–C–C–N with tert-alkyl or cyclic N) is 1. The van der Waals surface area contributed by atoms with Crippen molar-refractivity contribution in [1.29, 1.82) is 0 Å². The Labute approximate surface area is 495 Å². The molecule has 85 heavy (non-hydrogen) atoms. The molecule has 0 radical (unpaired) electrons. The highest BCUT2D eigenvalue weighted by Gasteiger charge is 2.46. The number of aliphatic hydroxyl groups is 1. The predicted molar refractivity (Wildman–Crippen MR) is 318 cm³/mol. The summed E-state index contributed by atoms with van der Waals surface area (Å²) in [6, 6.07) is 17.2. The summed E-state index contributed by atoms with van der Waals surface area (Å²) in [7, 11) is -5.06. The number of aliphatic hydroxyl groups excluding tert-OH is 1. The van der Waals surface area contributed by atoms with Crippen molar-refractivity contribution < 1.29 is 57.8 Å². The van der Waals surface area contributed by atoms with Gasteiger partial charge in [0, 0.05) is 54.9 Å². The molecule has 22 nitrogen and oxygen atoms in total. The largest absolute Gasteiger partial charge is 0.396 e. The molecule has 3 aliphatic heterocycles. The number of aromatic nitrogens is 3. The molecule has 0 unspecified atom stereocenters. The lowest BCUT2D eigenvalue weighted by molar-refractivity contribution is -0.144. The van der Waals surface area contributed by atoms with Crippen molar-refractivity contribution >= 4 is 82.4 Å². The zero-order chi connectivity index (χ0) is 61.1. The molecule has 3 aromatic heterocycles. The lowest BCUT2D eigenvalue weighted by Crippen LogP contribution is -2.57. The van der Waals surface area contributed by atoms with Gasteiger partial charge in [-0.3, -0.25) is 52.8 Å². The molecular weight excluding hydrogens is 1130 g/mol. The molecule has 6 heterocycles. The van der Waals surface area contributed by atoms with Gasteiger partial charge in [-0.1, -0.05) is 69.7 Å². The molecule has 0 spiro atoms. The molecule has 3 aliphatic rings. The van der Waals surface area contributed by atoms with Gasteiger partial charge < -0.3 is 51.8 Å². The second-order valence-electron chi connectivity index (χ2n) is 23.3. The Morgan fingerprint density at radius 3 is 2.33 bits per heavy atom. The van der Waals surface area contributed by atoms with Crippen LogP contribution in [0.1, 0.15) is 146 Å². The van der Waals surface area contributed by atoms with Gasteiger partial charge in [-0.2, -0.15) is 0 Å². The van der Waals surface area contributed by atoms with Crippen LogP contribution in [0, 0.1) is 12.3 Å². The molecule has 0 aliphatic carbocycles. The van der Waals surface area contributed by atoms with Gasteiger partial charge in [0.2, 0.25) is 35.4 Å². The molecule has 3 aromatic carbocycles. The second kappa shape index (κ2) is 25.7. The number of nitrogens with one attached hydrogen (secondary N) is 5. The first kappa shape index (κ1) is 61.6. The molecule has 6 aromatic rings. The van der Waals surface area contributed by atoms with Crippen LogP contribution < -0.4 is 31.9 Å². The zero-order valence-corrected chi connectivity index (χ0v) is 49.6. The van der Waals surface area contributed by atoms with Crippen LogP contribution in [0.25, 0.3) is 21.3 Å². The van der Waals surface area contributed by atoms with Crippen LogP contribution in [-0.4, -0.2) is 118 Å². The van der Waals surface area contributed by atoms with E-state index in [1.165, 1.54) is 34.1 Å². The van der Waals surface area contributed by atoms with Gasteiger partial charge in [-0.25, -0.2) is 4.98 Å². The number of fused-ring (bicyclic) bond motifs is 1. The second-order valence-corrected chi connectivity index (χ2v) is 25.7. The number of thiazole rings is 1. The van der Waals surface area contributed by atoms with Crippen LogP contribution in [0.4, 0.5) is 5.69 Å². The number of amides is 7. The minimum atomic E-state index is -5.06. The van der Waals surface area contributed by atoms with E-state index in [1.807, 2.05) is 89.2 Å². The number of carbonyl (C=O) groups is 8. The minimum Gasteiger partial charge on any atom is -0.391 e. The molecule has 448 valence electrons. The van der Waals surface area contributed by atoms with E-state index in [0.717, 1.165) is 38.4 Å². The van der Waals surface area contributed by atoms with Crippen molar-refractivity contribution in [2.75, 3.05) is 11.4 Å². The number of hydrogen-bond acceptors (Lipinski definition) is 13. The van der Waals surface area contributed by atoms with Crippen molar-refractivity contribution in [2.45, 2.75) is 148 Å².